The predicted molar refractivity (Wildman–Crippen MR) is 97.0 cm³/mol. The molecule has 1 atom stereocenters. The quantitative estimate of drug-likeness (QED) is 0.894. The molecular formula is C19H21ClF2N2O. The minimum atomic E-state index is -0.548. The Morgan fingerprint density at radius 2 is 1.80 bits per heavy atom. The van der Waals surface area contributed by atoms with Crippen LogP contribution in [0.1, 0.15) is 23.2 Å². The lowest BCUT2D eigenvalue weighted by Gasteiger charge is -2.32. The van der Waals surface area contributed by atoms with E-state index in [4.69, 9.17) is 0 Å². The lowest BCUT2D eigenvalue weighted by molar-refractivity contribution is 0.0693. The highest BCUT2D eigenvalue weighted by atomic mass is 35.5. The van der Waals surface area contributed by atoms with E-state index in [1.165, 1.54) is 24.3 Å². The number of nitrogens with one attached hydrogen (secondary N) is 1. The number of benzene rings is 2. The number of piperidine rings is 1. The van der Waals surface area contributed by atoms with Crippen molar-refractivity contribution in [3.63, 3.8) is 0 Å². The molecule has 134 valence electrons. The van der Waals surface area contributed by atoms with Gasteiger partial charge in [0, 0.05) is 19.1 Å². The smallest absolute Gasteiger partial charge is 0.256 e. The third-order valence-electron chi connectivity index (χ3n) is 4.49. The zero-order valence-corrected chi connectivity index (χ0v) is 14.8. The van der Waals surface area contributed by atoms with Gasteiger partial charge >= 0.3 is 0 Å². The highest BCUT2D eigenvalue weighted by molar-refractivity contribution is 5.95. The molecule has 25 heavy (non-hydrogen) atoms. The zero-order valence-electron chi connectivity index (χ0n) is 14.0. The van der Waals surface area contributed by atoms with Crippen molar-refractivity contribution in [1.29, 1.82) is 0 Å². The first-order valence-corrected chi connectivity index (χ1v) is 8.10. The third kappa shape index (κ3) is 4.35. The van der Waals surface area contributed by atoms with Gasteiger partial charge in [-0.1, -0.05) is 18.2 Å². The Balaban J connectivity index is 0.00000225. The van der Waals surface area contributed by atoms with Gasteiger partial charge in [0.1, 0.15) is 11.6 Å². The molecule has 2 aromatic rings. The molecule has 2 aromatic carbocycles. The van der Waals surface area contributed by atoms with Crippen LogP contribution in [0, 0.1) is 11.6 Å². The molecule has 0 saturated carbocycles. The van der Waals surface area contributed by atoms with Crippen LogP contribution in [0.3, 0.4) is 0 Å². The summed E-state index contributed by atoms with van der Waals surface area (Å²) in [5.41, 5.74) is 1.41. The summed E-state index contributed by atoms with van der Waals surface area (Å²) in [5.74, 6) is -1.17. The summed E-state index contributed by atoms with van der Waals surface area (Å²) in [6, 6.07) is 10.6. The fourth-order valence-corrected chi connectivity index (χ4v) is 3.08. The average molecular weight is 367 g/mol. The maximum absolute atomic E-state index is 14.5. The van der Waals surface area contributed by atoms with E-state index in [0.717, 1.165) is 12.8 Å². The van der Waals surface area contributed by atoms with Gasteiger partial charge < -0.3 is 10.2 Å². The Morgan fingerprint density at radius 3 is 2.44 bits per heavy atom. The summed E-state index contributed by atoms with van der Waals surface area (Å²) in [6.45, 7) is 1.24. The fraction of sp³-hybridized carbons (Fsp3) is 0.316. The second kappa shape index (κ2) is 8.41. The van der Waals surface area contributed by atoms with Gasteiger partial charge in [-0.3, -0.25) is 4.79 Å². The second-order valence-electron chi connectivity index (χ2n) is 6.08. The molecule has 0 spiro atoms. The van der Waals surface area contributed by atoms with E-state index < -0.39 is 5.82 Å². The lowest BCUT2D eigenvalue weighted by Crippen LogP contribution is -2.47. The van der Waals surface area contributed by atoms with Gasteiger partial charge in [0.2, 0.25) is 0 Å². The minimum absolute atomic E-state index is 0. The van der Waals surface area contributed by atoms with E-state index in [2.05, 4.69) is 5.32 Å². The van der Waals surface area contributed by atoms with Crippen molar-refractivity contribution in [1.82, 2.24) is 10.2 Å². The fourth-order valence-electron chi connectivity index (χ4n) is 3.08. The molecule has 0 aliphatic carbocycles. The van der Waals surface area contributed by atoms with Crippen LogP contribution >= 0.6 is 12.4 Å². The molecule has 1 N–H and O–H groups in total. The lowest BCUT2D eigenvalue weighted by atomic mass is 10.0. The van der Waals surface area contributed by atoms with Crippen molar-refractivity contribution in [3.05, 3.63) is 59.7 Å². The van der Waals surface area contributed by atoms with Gasteiger partial charge in [-0.15, -0.1) is 12.4 Å². The monoisotopic (exact) mass is 366 g/mol. The number of carbonyl (C=O) groups is 1. The van der Waals surface area contributed by atoms with Crippen molar-refractivity contribution in [2.75, 3.05) is 20.1 Å². The number of carbonyl (C=O) groups excluding carboxylic acids is 1. The van der Waals surface area contributed by atoms with Crippen molar-refractivity contribution in [2.45, 2.75) is 18.9 Å². The molecule has 3 nitrogen and oxygen atoms in total. The topological polar surface area (TPSA) is 32.3 Å². The molecule has 0 bridgehead atoms. The Kier molecular flexibility index (Phi) is 6.51. The first-order valence-electron chi connectivity index (χ1n) is 8.10. The number of rotatable bonds is 3. The first-order chi connectivity index (χ1) is 11.6. The van der Waals surface area contributed by atoms with E-state index in [9.17, 15) is 13.6 Å². The summed E-state index contributed by atoms with van der Waals surface area (Å²) < 4.78 is 27.5. The summed E-state index contributed by atoms with van der Waals surface area (Å²) in [6.07, 6.45) is 1.93. The van der Waals surface area contributed by atoms with Crippen molar-refractivity contribution < 1.29 is 13.6 Å². The zero-order chi connectivity index (χ0) is 17.1. The molecule has 1 aliphatic rings. The molecule has 0 aromatic heterocycles. The van der Waals surface area contributed by atoms with Crippen molar-refractivity contribution in [3.8, 4) is 11.1 Å². The van der Waals surface area contributed by atoms with E-state index in [1.807, 2.05) is 7.05 Å². The van der Waals surface area contributed by atoms with E-state index in [-0.39, 0.29) is 35.7 Å². The standard InChI is InChI=1S/C19H20F2N2O.ClH/c1-22-16-3-2-10-23(12-16)19(24)17-9-6-14(11-18(17)21)13-4-7-15(20)8-5-13;/h4-9,11,16,22H,2-3,10,12H2,1H3;1H. The van der Waals surface area contributed by atoms with Crippen LogP contribution in [0.5, 0.6) is 0 Å². The molecule has 1 aliphatic heterocycles. The minimum Gasteiger partial charge on any atom is -0.337 e. The van der Waals surface area contributed by atoms with Gasteiger partial charge in [0.25, 0.3) is 5.91 Å². The van der Waals surface area contributed by atoms with E-state index >= 15 is 0 Å². The highest BCUT2D eigenvalue weighted by Gasteiger charge is 2.25. The first kappa shape index (κ1) is 19.3. The summed E-state index contributed by atoms with van der Waals surface area (Å²) in [7, 11) is 1.87. The van der Waals surface area contributed by atoms with Crippen LogP contribution in [-0.4, -0.2) is 37.0 Å². The molecule has 1 amide bonds. The largest absolute Gasteiger partial charge is 0.337 e. The Bertz CT molecular complexity index is 737. The third-order valence-corrected chi connectivity index (χ3v) is 4.49. The average Bonchev–Trinajstić information content (AvgIpc) is 2.62. The molecule has 6 heteroatoms. The molecule has 1 fully saturated rings. The second-order valence-corrected chi connectivity index (χ2v) is 6.08. The van der Waals surface area contributed by atoms with Crippen molar-refractivity contribution in [2.24, 2.45) is 0 Å². The molecule has 1 heterocycles. The van der Waals surface area contributed by atoms with Gasteiger partial charge in [-0.05, 0) is 55.3 Å². The molecule has 1 unspecified atom stereocenters. The van der Waals surface area contributed by atoms with Crippen LogP contribution < -0.4 is 5.32 Å². The summed E-state index contributed by atoms with van der Waals surface area (Å²) in [5, 5.41) is 3.17. The van der Waals surface area contributed by atoms with Gasteiger partial charge in [0.05, 0.1) is 5.56 Å². The van der Waals surface area contributed by atoms with E-state index in [1.54, 1.807) is 23.1 Å². The summed E-state index contributed by atoms with van der Waals surface area (Å²) in [4.78, 5) is 14.3. The number of hydrogen-bond donors (Lipinski definition) is 1. The van der Waals surface area contributed by atoms with Gasteiger partial charge in [-0.2, -0.15) is 0 Å². The molecule has 1 saturated heterocycles. The van der Waals surface area contributed by atoms with Crippen LogP contribution in [0.25, 0.3) is 11.1 Å². The number of amides is 1. The highest BCUT2D eigenvalue weighted by Crippen LogP contribution is 2.24. The maximum atomic E-state index is 14.5. The maximum Gasteiger partial charge on any atom is 0.256 e. The van der Waals surface area contributed by atoms with Crippen LogP contribution in [-0.2, 0) is 0 Å². The van der Waals surface area contributed by atoms with Crippen LogP contribution in [0.15, 0.2) is 42.5 Å². The normalized spacial score (nSPS) is 17.1. The SMILES string of the molecule is CNC1CCCN(C(=O)c2ccc(-c3ccc(F)cc3)cc2F)C1.Cl. The number of hydrogen-bond acceptors (Lipinski definition) is 2. The molecule has 0 radical (unpaired) electrons. The molecule has 3 rings (SSSR count). The van der Waals surface area contributed by atoms with Crippen LogP contribution in [0.4, 0.5) is 8.78 Å². The van der Waals surface area contributed by atoms with Crippen LogP contribution in [0.2, 0.25) is 0 Å². The Hall–Kier alpha value is -1.98. The predicted octanol–water partition coefficient (Wildman–Crippen LogP) is 3.88. The number of likely N-dealkylation sites (tertiary alicyclic amines) is 1. The number of halogens is 3. The number of nitrogens with zero attached hydrogens (tertiary/aromatic N) is 1. The van der Waals surface area contributed by atoms with E-state index in [0.29, 0.717) is 24.2 Å². The van der Waals surface area contributed by atoms with Gasteiger partial charge in [0.15, 0.2) is 0 Å². The van der Waals surface area contributed by atoms with Crippen molar-refractivity contribution >= 4 is 18.3 Å². The Morgan fingerprint density at radius 1 is 1.12 bits per heavy atom. The summed E-state index contributed by atoms with van der Waals surface area (Å²) >= 11 is 0. The van der Waals surface area contributed by atoms with Gasteiger partial charge in [-0.25, -0.2) is 8.78 Å². The number of likely N-dealkylation sites (N-methyl/N-ethyl adjacent to an activating group) is 1. The Labute approximate surface area is 152 Å². The molecular weight excluding hydrogens is 346 g/mol.